The van der Waals surface area contributed by atoms with Gasteiger partial charge in [-0.3, -0.25) is 20.2 Å². The number of nitro benzene ring substituents is 1. The van der Waals surface area contributed by atoms with Crippen LogP contribution in [0.25, 0.3) is 0 Å². The molecule has 1 heterocycles. The minimum absolute atomic E-state index is 0.0738. The lowest BCUT2D eigenvalue weighted by Crippen LogP contribution is -2.14. The average molecular weight is 321 g/mol. The first-order valence-electron chi connectivity index (χ1n) is 6.20. The van der Waals surface area contributed by atoms with Gasteiger partial charge in [0, 0.05) is 11.4 Å². The van der Waals surface area contributed by atoms with Crippen LogP contribution in [0.15, 0.2) is 29.6 Å². The number of nitrogens with one attached hydrogen (secondary N) is 1. The number of esters is 1. The molecular formula is C13H11N3O5S. The van der Waals surface area contributed by atoms with Crippen molar-refractivity contribution in [2.75, 3.05) is 11.9 Å². The number of nitrogens with zero attached hydrogens (tertiary/aromatic N) is 2. The summed E-state index contributed by atoms with van der Waals surface area (Å²) in [6.45, 7) is 1.88. The van der Waals surface area contributed by atoms with Gasteiger partial charge in [0.2, 0.25) is 0 Å². The second-order valence-corrected chi connectivity index (χ2v) is 4.84. The second kappa shape index (κ2) is 6.76. The van der Waals surface area contributed by atoms with E-state index in [2.05, 4.69) is 10.3 Å². The van der Waals surface area contributed by atoms with E-state index < -0.39 is 16.8 Å². The molecule has 9 heteroatoms. The van der Waals surface area contributed by atoms with E-state index in [0.717, 1.165) is 11.3 Å². The van der Waals surface area contributed by atoms with Gasteiger partial charge in [-0.2, -0.15) is 0 Å². The largest absolute Gasteiger partial charge is 0.461 e. The molecule has 1 aromatic heterocycles. The Morgan fingerprint density at radius 3 is 2.82 bits per heavy atom. The predicted molar refractivity (Wildman–Crippen MR) is 79.1 cm³/mol. The average Bonchev–Trinajstić information content (AvgIpc) is 2.96. The van der Waals surface area contributed by atoms with Gasteiger partial charge in [-0.05, 0) is 13.0 Å². The Bertz CT molecular complexity index is 728. The Morgan fingerprint density at radius 1 is 1.41 bits per heavy atom. The molecule has 0 aliphatic carbocycles. The molecule has 2 rings (SSSR count). The third-order valence-electron chi connectivity index (χ3n) is 2.55. The Kier molecular flexibility index (Phi) is 4.79. The Hall–Kier alpha value is -2.81. The van der Waals surface area contributed by atoms with Crippen molar-refractivity contribution in [2.45, 2.75) is 6.92 Å². The molecule has 1 amide bonds. The number of amides is 1. The molecule has 0 aliphatic heterocycles. The lowest BCUT2D eigenvalue weighted by atomic mass is 10.1. The zero-order chi connectivity index (χ0) is 16.1. The van der Waals surface area contributed by atoms with Crippen LogP contribution in [0.1, 0.15) is 27.8 Å². The highest BCUT2D eigenvalue weighted by molar-refractivity contribution is 7.14. The molecule has 0 spiro atoms. The smallest absolute Gasteiger partial charge is 0.357 e. The van der Waals surface area contributed by atoms with E-state index >= 15 is 0 Å². The van der Waals surface area contributed by atoms with E-state index in [1.807, 2.05) is 0 Å². The van der Waals surface area contributed by atoms with Crippen molar-refractivity contribution < 1.29 is 19.2 Å². The van der Waals surface area contributed by atoms with Crippen LogP contribution in [0.5, 0.6) is 0 Å². The van der Waals surface area contributed by atoms with Crippen molar-refractivity contribution in [3.8, 4) is 0 Å². The number of para-hydroxylation sites is 1. The summed E-state index contributed by atoms with van der Waals surface area (Å²) < 4.78 is 4.78. The maximum Gasteiger partial charge on any atom is 0.357 e. The molecule has 0 aliphatic rings. The molecule has 0 atom stereocenters. The van der Waals surface area contributed by atoms with Crippen LogP contribution in [-0.2, 0) is 4.74 Å². The maximum atomic E-state index is 12.1. The Balaban J connectivity index is 2.16. The van der Waals surface area contributed by atoms with Gasteiger partial charge >= 0.3 is 5.97 Å². The van der Waals surface area contributed by atoms with Crippen molar-refractivity contribution in [1.29, 1.82) is 0 Å². The molecule has 2 aromatic rings. The number of ether oxygens (including phenoxy) is 1. The van der Waals surface area contributed by atoms with Gasteiger partial charge in [-0.25, -0.2) is 9.78 Å². The normalized spacial score (nSPS) is 10.0. The molecule has 0 radical (unpaired) electrons. The topological polar surface area (TPSA) is 111 Å². The molecule has 0 saturated heterocycles. The number of rotatable bonds is 5. The van der Waals surface area contributed by atoms with Crippen LogP contribution in [0.4, 0.5) is 10.8 Å². The summed E-state index contributed by atoms with van der Waals surface area (Å²) in [7, 11) is 0. The van der Waals surface area contributed by atoms with Crippen molar-refractivity contribution in [3.63, 3.8) is 0 Å². The number of carbonyl (C=O) groups excluding carboxylic acids is 2. The Labute approximate surface area is 128 Å². The second-order valence-electron chi connectivity index (χ2n) is 3.99. The molecule has 0 unspecified atom stereocenters. The summed E-state index contributed by atoms with van der Waals surface area (Å²) in [5, 5.41) is 14.9. The molecule has 8 nitrogen and oxygen atoms in total. The van der Waals surface area contributed by atoms with E-state index in [4.69, 9.17) is 4.74 Å². The van der Waals surface area contributed by atoms with Gasteiger partial charge in [0.1, 0.15) is 5.56 Å². The molecule has 0 fully saturated rings. The molecule has 0 bridgehead atoms. The van der Waals surface area contributed by atoms with E-state index in [1.165, 1.54) is 29.6 Å². The number of nitro groups is 1. The van der Waals surface area contributed by atoms with Crippen LogP contribution in [0, 0.1) is 10.1 Å². The van der Waals surface area contributed by atoms with Crippen LogP contribution in [0.3, 0.4) is 0 Å². The summed E-state index contributed by atoms with van der Waals surface area (Å²) in [4.78, 5) is 37.7. The summed E-state index contributed by atoms with van der Waals surface area (Å²) in [5.41, 5.74) is -0.313. The molecule has 1 N–H and O–H groups in total. The fraction of sp³-hybridized carbons (Fsp3) is 0.154. The number of aromatic nitrogens is 1. The highest BCUT2D eigenvalue weighted by atomic mass is 32.1. The van der Waals surface area contributed by atoms with Gasteiger partial charge < -0.3 is 4.74 Å². The van der Waals surface area contributed by atoms with Gasteiger partial charge in [0.05, 0.1) is 11.5 Å². The maximum absolute atomic E-state index is 12.1. The number of hydrogen-bond donors (Lipinski definition) is 1. The van der Waals surface area contributed by atoms with Crippen molar-refractivity contribution in [1.82, 2.24) is 4.98 Å². The van der Waals surface area contributed by atoms with Crippen LogP contribution < -0.4 is 5.32 Å². The van der Waals surface area contributed by atoms with E-state index in [9.17, 15) is 19.7 Å². The van der Waals surface area contributed by atoms with Crippen LogP contribution >= 0.6 is 11.3 Å². The number of benzene rings is 1. The predicted octanol–water partition coefficient (Wildman–Crippen LogP) is 2.48. The molecule has 22 heavy (non-hydrogen) atoms. The lowest BCUT2D eigenvalue weighted by molar-refractivity contribution is -0.385. The monoisotopic (exact) mass is 321 g/mol. The molecule has 0 saturated carbocycles. The summed E-state index contributed by atoms with van der Waals surface area (Å²) in [6.07, 6.45) is 0. The fourth-order valence-electron chi connectivity index (χ4n) is 1.62. The molecule has 1 aromatic carbocycles. The number of hydrogen-bond acceptors (Lipinski definition) is 7. The quantitative estimate of drug-likeness (QED) is 0.514. The first kappa shape index (κ1) is 15.6. The first-order valence-corrected chi connectivity index (χ1v) is 7.08. The highest BCUT2D eigenvalue weighted by Crippen LogP contribution is 2.21. The van der Waals surface area contributed by atoms with Gasteiger partial charge in [-0.1, -0.05) is 12.1 Å². The zero-order valence-corrected chi connectivity index (χ0v) is 12.3. The minimum atomic E-state index is -0.669. The first-order chi connectivity index (χ1) is 10.5. The summed E-state index contributed by atoms with van der Waals surface area (Å²) in [6, 6.07) is 5.57. The fourth-order valence-corrected chi connectivity index (χ4v) is 2.29. The summed E-state index contributed by atoms with van der Waals surface area (Å²) in [5.74, 6) is -1.26. The van der Waals surface area contributed by atoms with Gasteiger partial charge in [0.25, 0.3) is 11.6 Å². The standard InChI is InChI=1S/C13H11N3O5S/c1-2-21-12(18)9-7-22-13(14-9)15-11(17)8-5-3-4-6-10(8)16(19)20/h3-7H,2H2,1H3,(H,14,15,17). The highest BCUT2D eigenvalue weighted by Gasteiger charge is 2.20. The minimum Gasteiger partial charge on any atom is -0.461 e. The lowest BCUT2D eigenvalue weighted by Gasteiger charge is -2.02. The zero-order valence-electron chi connectivity index (χ0n) is 11.4. The third-order valence-corrected chi connectivity index (χ3v) is 3.31. The van der Waals surface area contributed by atoms with Gasteiger partial charge in [0.15, 0.2) is 10.8 Å². The van der Waals surface area contributed by atoms with Gasteiger partial charge in [-0.15, -0.1) is 11.3 Å². The Morgan fingerprint density at radius 2 is 2.14 bits per heavy atom. The molecule has 114 valence electrons. The SMILES string of the molecule is CCOC(=O)c1csc(NC(=O)c2ccccc2[N+](=O)[O-])n1. The van der Waals surface area contributed by atoms with Crippen molar-refractivity contribution in [3.05, 3.63) is 51.0 Å². The number of thiazole rings is 1. The summed E-state index contributed by atoms with van der Waals surface area (Å²) >= 11 is 1.03. The van der Waals surface area contributed by atoms with Crippen LogP contribution in [-0.4, -0.2) is 28.4 Å². The van der Waals surface area contributed by atoms with Crippen molar-refractivity contribution >= 4 is 34.0 Å². The van der Waals surface area contributed by atoms with Crippen molar-refractivity contribution in [2.24, 2.45) is 0 Å². The molecular weight excluding hydrogens is 310 g/mol. The van der Waals surface area contributed by atoms with E-state index in [1.54, 1.807) is 6.92 Å². The number of anilines is 1. The van der Waals surface area contributed by atoms with Crippen LogP contribution in [0.2, 0.25) is 0 Å². The van der Waals surface area contributed by atoms with E-state index in [-0.39, 0.29) is 28.7 Å². The number of carbonyl (C=O) groups is 2. The third kappa shape index (κ3) is 3.44. The van der Waals surface area contributed by atoms with E-state index in [0.29, 0.717) is 0 Å².